The molecule has 2 N–H and O–H groups in total. The number of rotatable bonds is 9. The maximum absolute atomic E-state index is 12.2. The fourth-order valence-corrected chi connectivity index (χ4v) is 4.10. The molecule has 0 radical (unpaired) electrons. The number of thiophene rings is 1. The maximum Gasteiger partial charge on any atom is 0.252 e. The number of carbonyl (C=O) groups excluding carboxylic acids is 2. The Bertz CT molecular complexity index is 717. The van der Waals surface area contributed by atoms with Crippen molar-refractivity contribution in [1.82, 2.24) is 15.5 Å². The van der Waals surface area contributed by atoms with Crippen LogP contribution in [0.1, 0.15) is 35.8 Å². The van der Waals surface area contributed by atoms with Gasteiger partial charge in [-0.15, -0.1) is 0 Å². The summed E-state index contributed by atoms with van der Waals surface area (Å²) in [7, 11) is 0. The van der Waals surface area contributed by atoms with Crippen LogP contribution in [0.3, 0.4) is 0 Å². The first-order chi connectivity index (χ1) is 12.6. The van der Waals surface area contributed by atoms with Gasteiger partial charge in [-0.3, -0.25) is 14.5 Å². The molecule has 0 saturated carbocycles. The summed E-state index contributed by atoms with van der Waals surface area (Å²) in [6, 6.07) is 9.55. The van der Waals surface area contributed by atoms with E-state index in [1.165, 1.54) is 5.56 Å². The molecule has 0 aliphatic heterocycles. The standard InChI is InChI=1S/C19H24IN3O2S/c1-3-23(4-2)17(14-9-10-26-13-14)11-21-18(24)12-22-19(25)15-7-5-6-8-16(15)20/h5-10,13,17H,3-4,11-12H2,1-2H3,(H,21,24)(H,22,25). The van der Waals surface area contributed by atoms with Crippen molar-refractivity contribution in [2.45, 2.75) is 19.9 Å². The summed E-state index contributed by atoms with van der Waals surface area (Å²) < 4.78 is 0.863. The molecule has 140 valence electrons. The molecule has 2 rings (SSSR count). The van der Waals surface area contributed by atoms with E-state index in [-0.39, 0.29) is 24.4 Å². The number of halogens is 1. The molecule has 26 heavy (non-hydrogen) atoms. The molecule has 7 heteroatoms. The minimum atomic E-state index is -0.233. The zero-order valence-electron chi connectivity index (χ0n) is 15.0. The molecule has 5 nitrogen and oxygen atoms in total. The summed E-state index contributed by atoms with van der Waals surface area (Å²) >= 11 is 3.77. The number of amides is 2. The number of benzene rings is 1. The first-order valence-electron chi connectivity index (χ1n) is 8.62. The Morgan fingerprint density at radius 3 is 2.50 bits per heavy atom. The van der Waals surface area contributed by atoms with Gasteiger partial charge in [-0.2, -0.15) is 11.3 Å². The van der Waals surface area contributed by atoms with Crippen LogP contribution in [-0.4, -0.2) is 42.9 Å². The third kappa shape index (κ3) is 5.78. The third-order valence-electron chi connectivity index (χ3n) is 4.20. The van der Waals surface area contributed by atoms with Gasteiger partial charge in [0.05, 0.1) is 18.2 Å². The molecule has 0 aliphatic carbocycles. The van der Waals surface area contributed by atoms with E-state index in [1.807, 2.05) is 18.2 Å². The van der Waals surface area contributed by atoms with Crippen molar-refractivity contribution in [3.63, 3.8) is 0 Å². The molecule has 2 amide bonds. The van der Waals surface area contributed by atoms with Crippen LogP contribution in [0.2, 0.25) is 0 Å². The molecular weight excluding hydrogens is 461 g/mol. The van der Waals surface area contributed by atoms with Crippen LogP contribution < -0.4 is 10.6 Å². The van der Waals surface area contributed by atoms with Crippen LogP contribution in [-0.2, 0) is 4.79 Å². The molecule has 1 atom stereocenters. The monoisotopic (exact) mass is 485 g/mol. The smallest absolute Gasteiger partial charge is 0.252 e. The van der Waals surface area contributed by atoms with Crippen LogP contribution in [0.5, 0.6) is 0 Å². The first-order valence-corrected chi connectivity index (χ1v) is 10.6. The fourth-order valence-electron chi connectivity index (χ4n) is 2.76. The fraction of sp³-hybridized carbons (Fsp3) is 0.368. The van der Waals surface area contributed by atoms with E-state index < -0.39 is 0 Å². The summed E-state index contributed by atoms with van der Waals surface area (Å²) in [6.07, 6.45) is 0. The van der Waals surface area contributed by atoms with E-state index in [2.05, 4.69) is 68.8 Å². The molecule has 0 saturated heterocycles. The van der Waals surface area contributed by atoms with Crippen molar-refractivity contribution in [2.75, 3.05) is 26.2 Å². The Labute approximate surface area is 172 Å². The van der Waals surface area contributed by atoms with E-state index in [4.69, 9.17) is 0 Å². The summed E-state index contributed by atoms with van der Waals surface area (Å²) in [5.74, 6) is -0.417. The molecule has 1 heterocycles. The van der Waals surface area contributed by atoms with Gasteiger partial charge in [-0.25, -0.2) is 0 Å². The normalized spacial score (nSPS) is 12.0. The van der Waals surface area contributed by atoms with Gasteiger partial charge in [0, 0.05) is 10.1 Å². The molecule has 1 unspecified atom stereocenters. The Hall–Kier alpha value is -1.45. The number of hydrogen-bond acceptors (Lipinski definition) is 4. The second-order valence-electron chi connectivity index (χ2n) is 5.76. The quantitative estimate of drug-likeness (QED) is 0.536. The highest BCUT2D eigenvalue weighted by Crippen LogP contribution is 2.22. The van der Waals surface area contributed by atoms with Gasteiger partial charge in [-0.05, 0) is 70.2 Å². The lowest BCUT2D eigenvalue weighted by Gasteiger charge is -2.29. The van der Waals surface area contributed by atoms with Gasteiger partial charge >= 0.3 is 0 Å². The van der Waals surface area contributed by atoms with Crippen molar-refractivity contribution in [3.05, 3.63) is 55.8 Å². The first kappa shape index (κ1) is 20.9. The zero-order chi connectivity index (χ0) is 18.9. The predicted octanol–water partition coefficient (Wildman–Crippen LogP) is 3.28. The van der Waals surface area contributed by atoms with Crippen molar-refractivity contribution in [1.29, 1.82) is 0 Å². The maximum atomic E-state index is 12.2. The Morgan fingerprint density at radius 1 is 1.15 bits per heavy atom. The third-order valence-corrected chi connectivity index (χ3v) is 5.84. The highest BCUT2D eigenvalue weighted by atomic mass is 127. The predicted molar refractivity (Wildman–Crippen MR) is 114 cm³/mol. The number of hydrogen-bond donors (Lipinski definition) is 2. The lowest BCUT2D eigenvalue weighted by Crippen LogP contribution is -2.42. The van der Waals surface area contributed by atoms with E-state index in [1.54, 1.807) is 17.4 Å². The average molecular weight is 485 g/mol. The van der Waals surface area contributed by atoms with Gasteiger partial charge in [0.25, 0.3) is 5.91 Å². The second-order valence-corrected chi connectivity index (χ2v) is 7.70. The second kappa shape index (κ2) is 10.6. The SMILES string of the molecule is CCN(CC)C(CNC(=O)CNC(=O)c1ccccc1I)c1ccsc1. The van der Waals surface area contributed by atoms with Crippen LogP contribution in [0, 0.1) is 3.57 Å². The number of nitrogens with zero attached hydrogens (tertiary/aromatic N) is 1. The van der Waals surface area contributed by atoms with E-state index in [0.717, 1.165) is 16.7 Å². The van der Waals surface area contributed by atoms with Crippen molar-refractivity contribution < 1.29 is 9.59 Å². The molecule has 0 aliphatic rings. The molecule has 1 aromatic carbocycles. The van der Waals surface area contributed by atoms with Crippen LogP contribution >= 0.6 is 33.9 Å². The molecule has 0 bridgehead atoms. The van der Waals surface area contributed by atoms with Crippen molar-refractivity contribution >= 4 is 45.7 Å². The zero-order valence-corrected chi connectivity index (χ0v) is 18.0. The van der Waals surface area contributed by atoms with E-state index >= 15 is 0 Å². The molecule has 0 spiro atoms. The van der Waals surface area contributed by atoms with Crippen LogP contribution in [0.15, 0.2) is 41.1 Å². The number of likely N-dealkylation sites (N-methyl/N-ethyl adjacent to an activating group) is 1. The Balaban J connectivity index is 1.88. The van der Waals surface area contributed by atoms with E-state index in [9.17, 15) is 9.59 Å². The van der Waals surface area contributed by atoms with Crippen molar-refractivity contribution in [3.8, 4) is 0 Å². The van der Waals surface area contributed by atoms with Crippen molar-refractivity contribution in [2.24, 2.45) is 0 Å². The molecule has 2 aromatic rings. The molecule has 1 aromatic heterocycles. The Morgan fingerprint density at radius 2 is 1.88 bits per heavy atom. The molecule has 0 fully saturated rings. The Kier molecular flexibility index (Phi) is 8.53. The minimum Gasteiger partial charge on any atom is -0.353 e. The van der Waals surface area contributed by atoms with Crippen LogP contribution in [0.4, 0.5) is 0 Å². The summed E-state index contributed by atoms with van der Waals surface area (Å²) in [6.45, 7) is 6.55. The lowest BCUT2D eigenvalue weighted by molar-refractivity contribution is -0.120. The lowest BCUT2D eigenvalue weighted by atomic mass is 10.1. The average Bonchev–Trinajstić information content (AvgIpc) is 3.18. The topological polar surface area (TPSA) is 61.4 Å². The highest BCUT2D eigenvalue weighted by Gasteiger charge is 2.19. The van der Waals surface area contributed by atoms with E-state index in [0.29, 0.717) is 12.1 Å². The summed E-state index contributed by atoms with van der Waals surface area (Å²) in [5, 5.41) is 9.81. The largest absolute Gasteiger partial charge is 0.353 e. The molecular formula is C19H24IN3O2S. The van der Waals surface area contributed by atoms with Crippen LogP contribution in [0.25, 0.3) is 0 Å². The van der Waals surface area contributed by atoms with Gasteiger partial charge < -0.3 is 10.6 Å². The minimum absolute atomic E-state index is 0.0294. The summed E-state index contributed by atoms with van der Waals surface area (Å²) in [4.78, 5) is 26.7. The van der Waals surface area contributed by atoms with Gasteiger partial charge in [-0.1, -0.05) is 26.0 Å². The van der Waals surface area contributed by atoms with Gasteiger partial charge in [0.15, 0.2) is 0 Å². The number of nitrogens with one attached hydrogen (secondary N) is 2. The van der Waals surface area contributed by atoms with Gasteiger partial charge in [0.1, 0.15) is 0 Å². The highest BCUT2D eigenvalue weighted by molar-refractivity contribution is 14.1. The van der Waals surface area contributed by atoms with Gasteiger partial charge in [0.2, 0.25) is 5.91 Å². The number of carbonyl (C=O) groups is 2. The summed E-state index contributed by atoms with van der Waals surface area (Å²) in [5.41, 5.74) is 1.79.